The maximum atomic E-state index is 12.9. The number of thiophene rings is 1. The summed E-state index contributed by atoms with van der Waals surface area (Å²) in [6.07, 6.45) is 5.31. The highest BCUT2D eigenvalue weighted by Gasteiger charge is 2.36. The van der Waals surface area contributed by atoms with E-state index in [1.807, 2.05) is 17.6 Å². The van der Waals surface area contributed by atoms with Crippen LogP contribution in [-0.2, 0) is 24.1 Å². The third-order valence-corrected chi connectivity index (χ3v) is 8.94. The van der Waals surface area contributed by atoms with Crippen molar-refractivity contribution >= 4 is 39.6 Å². The number of nitrogens with one attached hydrogen (secondary N) is 1. The van der Waals surface area contributed by atoms with Crippen molar-refractivity contribution in [1.82, 2.24) is 9.47 Å². The van der Waals surface area contributed by atoms with Gasteiger partial charge >= 0.3 is 5.97 Å². The molecule has 6 nitrogen and oxygen atoms in total. The van der Waals surface area contributed by atoms with Crippen LogP contribution in [0.15, 0.2) is 23.0 Å². The van der Waals surface area contributed by atoms with Crippen LogP contribution in [0.4, 0.5) is 5.00 Å². The molecule has 0 spiro atoms. The summed E-state index contributed by atoms with van der Waals surface area (Å²) < 4.78 is 7.36. The van der Waals surface area contributed by atoms with Gasteiger partial charge in [0.1, 0.15) is 5.00 Å². The van der Waals surface area contributed by atoms with E-state index >= 15 is 0 Å². The fourth-order valence-corrected chi connectivity index (χ4v) is 7.41. The molecule has 176 valence electrons. The normalized spacial score (nSPS) is 23.5. The molecule has 2 bridgehead atoms. The molecule has 2 aromatic rings. The second-order valence-electron chi connectivity index (χ2n) is 9.48. The van der Waals surface area contributed by atoms with E-state index in [-0.39, 0.29) is 17.4 Å². The van der Waals surface area contributed by atoms with E-state index in [0.717, 1.165) is 68.0 Å². The van der Waals surface area contributed by atoms with Crippen LogP contribution < -0.4 is 10.9 Å². The largest absolute Gasteiger partial charge is 0.462 e. The average molecular weight is 486 g/mol. The van der Waals surface area contributed by atoms with Gasteiger partial charge in [0, 0.05) is 42.2 Å². The van der Waals surface area contributed by atoms with Crippen molar-refractivity contribution in [2.45, 2.75) is 58.4 Å². The monoisotopic (exact) mass is 485 g/mol. The maximum Gasteiger partial charge on any atom is 0.341 e. The van der Waals surface area contributed by atoms with E-state index in [1.165, 1.54) is 4.88 Å². The number of piperidine rings is 1. The standard InChI is InChI=1S/C25H31N3O3S2/c1-3-15-8-9-18-20(11-15)33-23(22(18)24(30)31-4-2)26-25(32)27-12-16-10-17(14-27)19-6-5-7-21(29)28(19)13-16/h5-7,15-17H,3-4,8-14H2,1-2H3,(H,26,32)/t15?,16-,17-/m0/s1. The van der Waals surface area contributed by atoms with Crippen molar-refractivity contribution in [3.8, 4) is 0 Å². The number of fused-ring (bicyclic) bond motifs is 5. The third-order valence-electron chi connectivity index (χ3n) is 7.41. The Morgan fingerprint density at radius 3 is 2.91 bits per heavy atom. The number of hydrogen-bond donors (Lipinski definition) is 1. The van der Waals surface area contributed by atoms with Gasteiger partial charge in [-0.05, 0) is 68.3 Å². The first-order valence-electron chi connectivity index (χ1n) is 12.1. The van der Waals surface area contributed by atoms with Crippen LogP contribution in [0.1, 0.15) is 65.5 Å². The third kappa shape index (κ3) is 4.23. The number of carbonyl (C=O) groups is 1. The number of anilines is 1. The van der Waals surface area contributed by atoms with Gasteiger partial charge in [0.25, 0.3) is 5.56 Å². The summed E-state index contributed by atoms with van der Waals surface area (Å²) in [7, 11) is 0. The zero-order valence-corrected chi connectivity index (χ0v) is 20.9. The van der Waals surface area contributed by atoms with Gasteiger partial charge in [-0.25, -0.2) is 4.79 Å². The Labute approximate surface area is 203 Å². The molecular weight excluding hydrogens is 454 g/mol. The Morgan fingerprint density at radius 1 is 1.27 bits per heavy atom. The molecule has 3 aliphatic rings. The maximum absolute atomic E-state index is 12.9. The number of pyridine rings is 1. The van der Waals surface area contributed by atoms with Crippen LogP contribution in [0.25, 0.3) is 0 Å². The number of nitrogens with zero attached hydrogens (tertiary/aromatic N) is 2. The van der Waals surface area contributed by atoms with Crippen molar-refractivity contribution in [2.24, 2.45) is 11.8 Å². The zero-order chi connectivity index (χ0) is 23.1. The summed E-state index contributed by atoms with van der Waals surface area (Å²) in [5.41, 5.74) is 3.03. The Bertz CT molecular complexity index is 1140. The van der Waals surface area contributed by atoms with E-state index in [9.17, 15) is 9.59 Å². The molecule has 0 saturated carbocycles. The van der Waals surface area contributed by atoms with E-state index in [0.29, 0.717) is 29.1 Å². The quantitative estimate of drug-likeness (QED) is 0.511. The van der Waals surface area contributed by atoms with E-state index in [1.54, 1.807) is 17.4 Å². The minimum atomic E-state index is -0.251. The van der Waals surface area contributed by atoms with Crippen molar-refractivity contribution in [3.05, 3.63) is 50.3 Å². The molecule has 2 aliphatic heterocycles. The second-order valence-corrected chi connectivity index (χ2v) is 11.0. The van der Waals surface area contributed by atoms with Crippen molar-refractivity contribution in [3.63, 3.8) is 0 Å². The topological polar surface area (TPSA) is 63.6 Å². The van der Waals surface area contributed by atoms with Gasteiger partial charge < -0.3 is 19.5 Å². The van der Waals surface area contributed by atoms with E-state index < -0.39 is 0 Å². The number of carbonyl (C=O) groups excluding carboxylic acids is 1. The van der Waals surface area contributed by atoms with Crippen LogP contribution >= 0.6 is 23.6 Å². The van der Waals surface area contributed by atoms with Gasteiger partial charge in [0.15, 0.2) is 5.11 Å². The Morgan fingerprint density at radius 2 is 2.12 bits per heavy atom. The number of esters is 1. The predicted molar refractivity (Wildman–Crippen MR) is 135 cm³/mol. The highest BCUT2D eigenvalue weighted by molar-refractivity contribution is 7.80. The second kappa shape index (κ2) is 9.22. The van der Waals surface area contributed by atoms with Gasteiger partial charge in [-0.3, -0.25) is 4.79 Å². The summed E-state index contributed by atoms with van der Waals surface area (Å²) in [4.78, 5) is 28.7. The molecule has 0 aromatic carbocycles. The minimum Gasteiger partial charge on any atom is -0.462 e. The summed E-state index contributed by atoms with van der Waals surface area (Å²) in [6.45, 7) is 6.79. The van der Waals surface area contributed by atoms with E-state index in [2.05, 4.69) is 23.2 Å². The van der Waals surface area contributed by atoms with Gasteiger partial charge in [-0.15, -0.1) is 11.3 Å². The van der Waals surface area contributed by atoms with Crippen LogP contribution in [0.5, 0.6) is 0 Å². The van der Waals surface area contributed by atoms with Crippen molar-refractivity contribution < 1.29 is 9.53 Å². The molecule has 1 unspecified atom stereocenters. The summed E-state index contributed by atoms with van der Waals surface area (Å²) >= 11 is 7.52. The summed E-state index contributed by atoms with van der Waals surface area (Å²) in [5, 5.41) is 4.93. The molecule has 1 N–H and O–H groups in total. The van der Waals surface area contributed by atoms with Crippen LogP contribution in [0.2, 0.25) is 0 Å². The first-order chi connectivity index (χ1) is 16.0. The van der Waals surface area contributed by atoms with Crippen molar-refractivity contribution in [1.29, 1.82) is 0 Å². The fraction of sp³-hybridized carbons (Fsp3) is 0.560. The first kappa shape index (κ1) is 22.6. The van der Waals surface area contributed by atoms with Gasteiger partial charge in [0.05, 0.1) is 12.2 Å². The lowest BCUT2D eigenvalue weighted by Crippen LogP contribution is -2.50. The smallest absolute Gasteiger partial charge is 0.341 e. The Balaban J connectivity index is 1.38. The molecule has 2 aromatic heterocycles. The fourth-order valence-electron chi connectivity index (χ4n) is 5.75. The van der Waals surface area contributed by atoms with Gasteiger partial charge in [-0.1, -0.05) is 19.4 Å². The molecule has 1 aliphatic carbocycles. The average Bonchev–Trinajstić information content (AvgIpc) is 3.16. The molecule has 1 saturated heterocycles. The highest BCUT2D eigenvalue weighted by Crippen LogP contribution is 2.41. The van der Waals surface area contributed by atoms with Crippen molar-refractivity contribution in [2.75, 3.05) is 25.0 Å². The molecule has 1 fully saturated rings. The summed E-state index contributed by atoms with van der Waals surface area (Å²) in [5.74, 6) is 1.11. The van der Waals surface area contributed by atoms with Crippen LogP contribution in [0.3, 0.4) is 0 Å². The number of aromatic nitrogens is 1. The molecule has 33 heavy (non-hydrogen) atoms. The predicted octanol–water partition coefficient (Wildman–Crippen LogP) is 4.42. The molecule has 0 amide bonds. The lowest BCUT2D eigenvalue weighted by Gasteiger charge is -2.43. The van der Waals surface area contributed by atoms with Crippen LogP contribution in [0, 0.1) is 11.8 Å². The Kier molecular flexibility index (Phi) is 6.31. The molecule has 5 rings (SSSR count). The first-order valence-corrected chi connectivity index (χ1v) is 13.3. The lowest BCUT2D eigenvalue weighted by molar-refractivity contribution is 0.0526. The molecule has 4 heterocycles. The van der Waals surface area contributed by atoms with E-state index in [4.69, 9.17) is 17.0 Å². The number of rotatable bonds is 4. The van der Waals surface area contributed by atoms with Gasteiger partial charge in [-0.2, -0.15) is 0 Å². The molecule has 8 heteroatoms. The number of likely N-dealkylation sites (tertiary alicyclic amines) is 1. The number of hydrogen-bond acceptors (Lipinski definition) is 5. The Hall–Kier alpha value is -2.19. The summed E-state index contributed by atoms with van der Waals surface area (Å²) in [6, 6.07) is 5.57. The minimum absolute atomic E-state index is 0.0879. The lowest BCUT2D eigenvalue weighted by atomic mass is 9.83. The SMILES string of the molecule is CCOC(=O)c1c(NC(=S)N2C[C@@H]3C[C@@H](C2)c2cccc(=O)n2C3)sc2c1CCC(CC)C2. The molecular formula is C25H31N3O3S2. The molecule has 0 radical (unpaired) electrons. The molecule has 3 atom stereocenters. The van der Waals surface area contributed by atoms with Crippen LogP contribution in [-0.4, -0.2) is 40.2 Å². The number of thiocarbonyl (C=S) groups is 1. The van der Waals surface area contributed by atoms with Gasteiger partial charge in [0.2, 0.25) is 0 Å². The highest BCUT2D eigenvalue weighted by atomic mass is 32.1. The number of ether oxygens (including phenoxy) is 1. The zero-order valence-electron chi connectivity index (χ0n) is 19.3.